The molecule has 0 bridgehead atoms. The van der Waals surface area contributed by atoms with Crippen LogP contribution in [0.5, 0.6) is 0 Å². The van der Waals surface area contributed by atoms with Gasteiger partial charge in [0.1, 0.15) is 5.82 Å². The summed E-state index contributed by atoms with van der Waals surface area (Å²) in [5.41, 5.74) is -4.13. The number of unbranched alkanes of at least 4 members (excludes halogenated alkanes) is 2. The van der Waals surface area contributed by atoms with Gasteiger partial charge in [0.15, 0.2) is 0 Å². The topological polar surface area (TPSA) is 0 Å². The maximum Gasteiger partial charge on any atom is 0.417 e. The van der Waals surface area contributed by atoms with Crippen LogP contribution in [0.15, 0.2) is 30.3 Å². The molecule has 0 unspecified atom stereocenters. The van der Waals surface area contributed by atoms with E-state index >= 15 is 0 Å². The molecule has 1 aliphatic rings. The molecular weight excluding hydrogens is 469 g/mol. The standard InChI is InChI=1S/C28H33F7/c1-3-5-6-8-18-9-11-19(12-10-18)22-15-16-23(21-14-13-20(7-4-2)24(29)17-21)26(28(33,34)35)25(22)27(30,31)32/h13-19H,3-12H2,1-2H3. The smallest absolute Gasteiger partial charge is 0.207 e. The highest BCUT2D eigenvalue weighted by Gasteiger charge is 2.47. The van der Waals surface area contributed by atoms with Gasteiger partial charge in [-0.3, -0.25) is 0 Å². The van der Waals surface area contributed by atoms with Gasteiger partial charge in [-0.15, -0.1) is 0 Å². The van der Waals surface area contributed by atoms with E-state index in [1.165, 1.54) is 18.2 Å². The Morgan fingerprint density at radius 3 is 1.97 bits per heavy atom. The first-order valence-electron chi connectivity index (χ1n) is 12.6. The van der Waals surface area contributed by atoms with Gasteiger partial charge in [-0.25, -0.2) is 4.39 Å². The molecule has 1 aliphatic carbocycles. The fourth-order valence-electron chi connectivity index (χ4n) is 5.43. The first kappa shape index (κ1) is 27.5. The van der Waals surface area contributed by atoms with Gasteiger partial charge in [0, 0.05) is 0 Å². The van der Waals surface area contributed by atoms with E-state index in [2.05, 4.69) is 6.92 Å². The van der Waals surface area contributed by atoms with Crippen LogP contribution in [0.3, 0.4) is 0 Å². The van der Waals surface area contributed by atoms with Crippen molar-refractivity contribution in [1.29, 1.82) is 0 Å². The third kappa shape index (κ3) is 6.59. The lowest BCUT2D eigenvalue weighted by molar-refractivity contribution is -0.162. The Kier molecular flexibility index (Phi) is 8.92. The maximum atomic E-state index is 14.5. The van der Waals surface area contributed by atoms with Gasteiger partial charge in [-0.1, -0.05) is 70.2 Å². The highest BCUT2D eigenvalue weighted by atomic mass is 19.4. The highest BCUT2D eigenvalue weighted by Crippen LogP contribution is 2.50. The van der Waals surface area contributed by atoms with Crippen molar-refractivity contribution in [3.8, 4) is 11.1 Å². The molecule has 2 aromatic carbocycles. The molecule has 0 atom stereocenters. The van der Waals surface area contributed by atoms with E-state index in [0.29, 0.717) is 37.2 Å². The van der Waals surface area contributed by atoms with Crippen molar-refractivity contribution >= 4 is 0 Å². The lowest BCUT2D eigenvalue weighted by Gasteiger charge is -2.32. The van der Waals surface area contributed by atoms with Crippen LogP contribution in [0, 0.1) is 11.7 Å². The van der Waals surface area contributed by atoms with Crippen LogP contribution in [-0.4, -0.2) is 0 Å². The quantitative estimate of drug-likeness (QED) is 0.249. The molecule has 7 heteroatoms. The van der Waals surface area contributed by atoms with Crippen LogP contribution in [0.25, 0.3) is 11.1 Å². The van der Waals surface area contributed by atoms with Gasteiger partial charge in [0.05, 0.1) is 11.1 Å². The minimum atomic E-state index is -5.24. The number of hydrogen-bond donors (Lipinski definition) is 0. The molecule has 3 rings (SSSR count). The molecule has 0 nitrogen and oxygen atoms in total. The van der Waals surface area contributed by atoms with Crippen LogP contribution in [0.4, 0.5) is 30.7 Å². The molecule has 35 heavy (non-hydrogen) atoms. The lowest BCUT2D eigenvalue weighted by Crippen LogP contribution is -2.23. The van der Waals surface area contributed by atoms with Crippen molar-refractivity contribution in [1.82, 2.24) is 0 Å². The van der Waals surface area contributed by atoms with Crippen molar-refractivity contribution in [2.24, 2.45) is 5.92 Å². The summed E-state index contributed by atoms with van der Waals surface area (Å²) < 4.78 is 99.9. The minimum absolute atomic E-state index is 0.202. The monoisotopic (exact) mass is 502 g/mol. The second kappa shape index (κ2) is 11.3. The molecule has 0 N–H and O–H groups in total. The summed E-state index contributed by atoms with van der Waals surface area (Å²) in [5, 5.41) is 0. The van der Waals surface area contributed by atoms with E-state index in [1.54, 1.807) is 0 Å². The average Bonchev–Trinajstić information content (AvgIpc) is 2.79. The van der Waals surface area contributed by atoms with Crippen molar-refractivity contribution in [2.45, 2.75) is 96.3 Å². The summed E-state index contributed by atoms with van der Waals surface area (Å²) in [4.78, 5) is 0. The second-order valence-corrected chi connectivity index (χ2v) is 9.72. The SMILES string of the molecule is CCCCCC1CCC(c2ccc(-c3ccc(CCC)c(F)c3)c(C(F)(F)F)c2C(F)(F)F)CC1. The van der Waals surface area contributed by atoms with Crippen molar-refractivity contribution < 1.29 is 30.7 Å². The van der Waals surface area contributed by atoms with Gasteiger partial charge in [-0.2, -0.15) is 26.3 Å². The Morgan fingerprint density at radius 1 is 0.771 bits per heavy atom. The van der Waals surface area contributed by atoms with Crippen LogP contribution >= 0.6 is 0 Å². The number of aryl methyl sites for hydroxylation is 1. The summed E-state index contributed by atoms with van der Waals surface area (Å²) in [7, 11) is 0. The van der Waals surface area contributed by atoms with E-state index in [1.807, 2.05) is 6.92 Å². The Labute approximate surface area is 202 Å². The normalized spacial score (nSPS) is 19.2. The molecule has 0 heterocycles. The molecule has 1 saturated carbocycles. The lowest BCUT2D eigenvalue weighted by atomic mass is 9.74. The average molecular weight is 503 g/mol. The van der Waals surface area contributed by atoms with Crippen LogP contribution in [-0.2, 0) is 18.8 Å². The third-order valence-corrected chi connectivity index (χ3v) is 7.19. The summed E-state index contributed by atoms with van der Waals surface area (Å²) in [5.74, 6) is -0.873. The fraction of sp³-hybridized carbons (Fsp3) is 0.571. The molecule has 0 aromatic heterocycles. The zero-order chi connectivity index (χ0) is 25.8. The summed E-state index contributed by atoms with van der Waals surface area (Å²) in [6.45, 7) is 3.94. The van der Waals surface area contributed by atoms with E-state index in [-0.39, 0.29) is 11.1 Å². The molecule has 0 radical (unpaired) electrons. The summed E-state index contributed by atoms with van der Waals surface area (Å²) in [6.07, 6.45) is -2.80. The zero-order valence-corrected chi connectivity index (χ0v) is 20.3. The van der Waals surface area contributed by atoms with Gasteiger partial charge in [0.25, 0.3) is 0 Å². The van der Waals surface area contributed by atoms with Gasteiger partial charge in [0.2, 0.25) is 0 Å². The first-order valence-corrected chi connectivity index (χ1v) is 12.6. The summed E-state index contributed by atoms with van der Waals surface area (Å²) >= 11 is 0. The largest absolute Gasteiger partial charge is 0.417 e. The molecular formula is C28H33F7. The molecule has 1 fully saturated rings. The van der Waals surface area contributed by atoms with E-state index in [0.717, 1.165) is 50.7 Å². The van der Waals surface area contributed by atoms with Crippen molar-refractivity contribution in [2.75, 3.05) is 0 Å². The Hall–Kier alpha value is -2.05. The zero-order valence-electron chi connectivity index (χ0n) is 20.3. The van der Waals surface area contributed by atoms with Crippen molar-refractivity contribution in [3.63, 3.8) is 0 Å². The predicted molar refractivity (Wildman–Crippen MR) is 125 cm³/mol. The van der Waals surface area contributed by atoms with Crippen LogP contribution in [0.1, 0.15) is 99.8 Å². The van der Waals surface area contributed by atoms with Gasteiger partial charge < -0.3 is 0 Å². The van der Waals surface area contributed by atoms with E-state index in [4.69, 9.17) is 0 Å². The van der Waals surface area contributed by atoms with Crippen LogP contribution < -0.4 is 0 Å². The molecule has 0 saturated heterocycles. The molecule has 0 aliphatic heterocycles. The maximum absolute atomic E-state index is 14.5. The Bertz CT molecular complexity index is 980. The Morgan fingerprint density at radius 2 is 1.43 bits per heavy atom. The van der Waals surface area contributed by atoms with E-state index < -0.39 is 40.8 Å². The van der Waals surface area contributed by atoms with Gasteiger partial charge >= 0.3 is 12.4 Å². The predicted octanol–water partition coefficient (Wildman–Crippen LogP) is 10.3. The number of halogens is 7. The Balaban J connectivity index is 2.05. The molecule has 2 aromatic rings. The van der Waals surface area contributed by atoms with E-state index in [9.17, 15) is 30.7 Å². The van der Waals surface area contributed by atoms with Crippen molar-refractivity contribution in [3.05, 3.63) is 58.4 Å². The molecule has 0 amide bonds. The minimum Gasteiger partial charge on any atom is -0.207 e. The number of benzene rings is 2. The second-order valence-electron chi connectivity index (χ2n) is 9.72. The van der Waals surface area contributed by atoms with Gasteiger partial charge in [-0.05, 0) is 72.3 Å². The highest BCUT2D eigenvalue weighted by molar-refractivity contribution is 5.71. The third-order valence-electron chi connectivity index (χ3n) is 7.19. The number of hydrogen-bond acceptors (Lipinski definition) is 0. The number of rotatable bonds is 8. The first-order chi connectivity index (χ1) is 16.5. The van der Waals surface area contributed by atoms with Crippen LogP contribution in [0.2, 0.25) is 0 Å². The molecule has 0 spiro atoms. The molecule has 194 valence electrons. The number of alkyl halides is 6. The summed E-state index contributed by atoms with van der Waals surface area (Å²) in [6, 6.07) is 5.83. The fourth-order valence-corrected chi connectivity index (χ4v) is 5.43.